The van der Waals surface area contributed by atoms with Crippen LogP contribution in [0.15, 0.2) is 10.6 Å². The second kappa shape index (κ2) is 5.14. The third kappa shape index (κ3) is 2.84. The van der Waals surface area contributed by atoms with Gasteiger partial charge in [-0.25, -0.2) is 18.1 Å². The summed E-state index contributed by atoms with van der Waals surface area (Å²) in [6.45, 7) is 3.85. The summed E-state index contributed by atoms with van der Waals surface area (Å²) in [4.78, 5) is 0. The maximum absolute atomic E-state index is 12.0. The third-order valence-electron chi connectivity index (χ3n) is 1.88. The zero-order valence-corrected chi connectivity index (χ0v) is 12.0. The molecule has 1 N–H and O–H groups in total. The molecule has 1 heterocycles. The molecule has 0 aliphatic carbocycles. The molecule has 16 heavy (non-hydrogen) atoms. The number of hydrazine groups is 1. The average Bonchev–Trinajstić information content (AvgIpc) is 2.47. The van der Waals surface area contributed by atoms with E-state index in [9.17, 15) is 8.42 Å². The fraction of sp³-hybridized carbons (Fsp3) is 0.750. The van der Waals surface area contributed by atoms with Crippen molar-refractivity contribution in [2.45, 2.75) is 24.6 Å². The van der Waals surface area contributed by atoms with Gasteiger partial charge in [0.25, 0.3) is 0 Å². The summed E-state index contributed by atoms with van der Waals surface area (Å²) in [7, 11) is -0.362. The summed E-state index contributed by atoms with van der Waals surface area (Å²) >= 11 is 7.12. The van der Waals surface area contributed by atoms with Gasteiger partial charge in [0.15, 0.2) is 0 Å². The summed E-state index contributed by atoms with van der Waals surface area (Å²) in [5.74, 6) is 0. The fourth-order valence-corrected chi connectivity index (χ4v) is 4.22. The Bertz CT molecular complexity index is 381. The molecule has 1 atom stereocenters. The number of nitrogens with zero attached hydrogens (tertiary/aromatic N) is 2. The molecule has 1 aliphatic heterocycles. The number of sulfonamides is 1. The van der Waals surface area contributed by atoms with Crippen LogP contribution in [-0.4, -0.2) is 42.6 Å². The molecule has 0 fully saturated rings. The van der Waals surface area contributed by atoms with Crippen LogP contribution in [0.5, 0.6) is 0 Å². The lowest BCUT2D eigenvalue weighted by molar-refractivity contribution is 0.254. The monoisotopic (exact) mass is 285 g/mol. The minimum atomic E-state index is -3.38. The molecule has 0 saturated carbocycles. The standard InChI is InChI=1S/C8H16ClN3O2S2/c1-6(2)10-12-7(9)5-15-8(12)16(13,14)11(3)4/h5-6,8,10H,1-4H3. The molecule has 0 saturated heterocycles. The van der Waals surface area contributed by atoms with Crippen molar-refractivity contribution >= 4 is 33.4 Å². The minimum Gasteiger partial charge on any atom is -0.267 e. The SMILES string of the molecule is CC(C)NN1C(Cl)=CSC1S(=O)(=O)N(C)C. The zero-order valence-electron chi connectivity index (χ0n) is 9.64. The van der Waals surface area contributed by atoms with E-state index >= 15 is 0 Å². The molecule has 0 bridgehead atoms. The molecule has 8 heteroatoms. The number of thioether (sulfide) groups is 1. The largest absolute Gasteiger partial charge is 0.267 e. The zero-order chi connectivity index (χ0) is 12.5. The number of hydrogen-bond acceptors (Lipinski definition) is 5. The van der Waals surface area contributed by atoms with E-state index in [0.29, 0.717) is 5.16 Å². The molecule has 94 valence electrons. The quantitative estimate of drug-likeness (QED) is 0.786. The highest BCUT2D eigenvalue weighted by Crippen LogP contribution is 2.35. The Hall–Kier alpha value is 0.0500. The van der Waals surface area contributed by atoms with Crippen molar-refractivity contribution in [3.8, 4) is 0 Å². The Balaban J connectivity index is 2.91. The van der Waals surface area contributed by atoms with Gasteiger partial charge in [-0.05, 0) is 13.8 Å². The maximum atomic E-state index is 12.0. The Morgan fingerprint density at radius 1 is 1.56 bits per heavy atom. The lowest BCUT2D eigenvalue weighted by atomic mass is 10.4. The van der Waals surface area contributed by atoms with Crippen molar-refractivity contribution in [3.05, 3.63) is 10.6 Å². The van der Waals surface area contributed by atoms with Crippen molar-refractivity contribution in [1.29, 1.82) is 0 Å². The first-order valence-corrected chi connectivity index (χ1v) is 7.57. The van der Waals surface area contributed by atoms with Crippen LogP contribution in [0, 0.1) is 0 Å². The van der Waals surface area contributed by atoms with Crippen molar-refractivity contribution < 1.29 is 8.42 Å². The van der Waals surface area contributed by atoms with Gasteiger partial charge in [-0.15, -0.1) is 0 Å². The van der Waals surface area contributed by atoms with Crippen LogP contribution in [0.1, 0.15) is 13.8 Å². The van der Waals surface area contributed by atoms with Crippen molar-refractivity contribution in [2.75, 3.05) is 14.1 Å². The van der Waals surface area contributed by atoms with Gasteiger partial charge in [0.2, 0.25) is 14.7 Å². The second-order valence-electron chi connectivity index (χ2n) is 3.86. The number of nitrogens with one attached hydrogen (secondary N) is 1. The number of halogens is 1. The first kappa shape index (κ1) is 14.1. The first-order valence-electron chi connectivity index (χ1n) is 4.74. The smallest absolute Gasteiger partial charge is 0.246 e. The molecule has 0 aromatic rings. The molecule has 0 amide bonds. The van der Waals surface area contributed by atoms with E-state index in [-0.39, 0.29) is 6.04 Å². The summed E-state index contributed by atoms with van der Waals surface area (Å²) in [6.07, 6.45) is 0. The predicted octanol–water partition coefficient (Wildman–Crippen LogP) is 1.16. The summed E-state index contributed by atoms with van der Waals surface area (Å²) < 4.78 is 24.5. The van der Waals surface area contributed by atoms with E-state index in [1.54, 1.807) is 5.41 Å². The van der Waals surface area contributed by atoms with E-state index in [1.165, 1.54) is 35.2 Å². The van der Waals surface area contributed by atoms with Crippen LogP contribution in [0.3, 0.4) is 0 Å². The highest BCUT2D eigenvalue weighted by atomic mass is 35.5. The van der Waals surface area contributed by atoms with Crippen LogP contribution in [-0.2, 0) is 10.0 Å². The first-order chi connectivity index (χ1) is 7.26. The molecule has 5 nitrogen and oxygen atoms in total. The third-order valence-corrected chi connectivity index (χ3v) is 5.91. The van der Waals surface area contributed by atoms with Gasteiger partial charge in [0.05, 0.1) is 0 Å². The maximum Gasteiger partial charge on any atom is 0.246 e. The van der Waals surface area contributed by atoms with Crippen LogP contribution < -0.4 is 5.43 Å². The Morgan fingerprint density at radius 2 is 2.12 bits per heavy atom. The van der Waals surface area contributed by atoms with Crippen molar-refractivity contribution in [2.24, 2.45) is 0 Å². The summed E-state index contributed by atoms with van der Waals surface area (Å²) in [5, 5.41) is 3.50. The second-order valence-corrected chi connectivity index (χ2v) is 7.71. The molecule has 0 spiro atoms. The van der Waals surface area contributed by atoms with Gasteiger partial charge in [-0.1, -0.05) is 23.4 Å². The summed E-state index contributed by atoms with van der Waals surface area (Å²) in [6, 6.07) is 0.112. The van der Waals surface area contributed by atoms with E-state index in [2.05, 4.69) is 5.43 Å². The fourth-order valence-electron chi connectivity index (χ4n) is 1.12. The molecule has 1 aliphatic rings. The molecular weight excluding hydrogens is 270 g/mol. The van der Waals surface area contributed by atoms with Gasteiger partial charge in [0.1, 0.15) is 5.16 Å². The van der Waals surface area contributed by atoms with Gasteiger partial charge < -0.3 is 0 Å². The Morgan fingerprint density at radius 3 is 2.56 bits per heavy atom. The van der Waals surface area contributed by atoms with Crippen molar-refractivity contribution in [1.82, 2.24) is 14.7 Å². The highest BCUT2D eigenvalue weighted by Gasteiger charge is 2.38. The van der Waals surface area contributed by atoms with Gasteiger partial charge in [-0.2, -0.15) is 0 Å². The van der Waals surface area contributed by atoms with E-state index in [1.807, 2.05) is 13.8 Å². The summed E-state index contributed by atoms with van der Waals surface area (Å²) in [5.41, 5.74) is 3.01. The predicted molar refractivity (Wildman–Crippen MR) is 68.0 cm³/mol. The highest BCUT2D eigenvalue weighted by molar-refractivity contribution is 8.14. The number of hydrogen-bond donors (Lipinski definition) is 1. The Labute approximate surface area is 106 Å². The molecule has 1 rings (SSSR count). The Kier molecular flexibility index (Phi) is 4.53. The van der Waals surface area contributed by atoms with E-state index in [0.717, 1.165) is 0 Å². The van der Waals surface area contributed by atoms with Gasteiger partial charge in [-0.3, -0.25) is 5.01 Å². The van der Waals surface area contributed by atoms with E-state index < -0.39 is 14.7 Å². The van der Waals surface area contributed by atoms with Crippen molar-refractivity contribution in [3.63, 3.8) is 0 Å². The van der Waals surface area contributed by atoms with Gasteiger partial charge in [0, 0.05) is 25.5 Å². The van der Waals surface area contributed by atoms with Gasteiger partial charge >= 0.3 is 0 Å². The topological polar surface area (TPSA) is 52.7 Å². The van der Waals surface area contributed by atoms with E-state index in [4.69, 9.17) is 11.6 Å². The molecule has 0 aromatic heterocycles. The van der Waals surface area contributed by atoms with Crippen LogP contribution >= 0.6 is 23.4 Å². The lowest BCUT2D eigenvalue weighted by Crippen LogP contribution is -2.49. The normalized spacial score (nSPS) is 22.1. The lowest BCUT2D eigenvalue weighted by Gasteiger charge is -2.30. The minimum absolute atomic E-state index is 0.112. The molecular formula is C8H16ClN3O2S2. The van der Waals surface area contributed by atoms with Crippen LogP contribution in [0.2, 0.25) is 0 Å². The average molecular weight is 286 g/mol. The number of rotatable bonds is 4. The van der Waals surface area contributed by atoms with Crippen LogP contribution in [0.4, 0.5) is 0 Å². The van der Waals surface area contributed by atoms with Crippen LogP contribution in [0.25, 0.3) is 0 Å². The molecule has 0 aromatic carbocycles. The molecule has 1 unspecified atom stereocenters. The molecule has 0 radical (unpaired) electrons.